The Morgan fingerprint density at radius 2 is 2.00 bits per heavy atom. The van der Waals surface area contributed by atoms with Crippen molar-refractivity contribution < 1.29 is 23.5 Å². The van der Waals surface area contributed by atoms with Crippen LogP contribution in [0.5, 0.6) is 11.5 Å². The van der Waals surface area contributed by atoms with Gasteiger partial charge in [-0.2, -0.15) is 0 Å². The van der Waals surface area contributed by atoms with Crippen LogP contribution in [0.3, 0.4) is 0 Å². The molecule has 0 radical (unpaired) electrons. The lowest BCUT2D eigenvalue weighted by molar-refractivity contribution is 0.0727. The minimum Gasteiger partial charge on any atom is -0.486 e. The first kappa shape index (κ1) is 19.3. The van der Waals surface area contributed by atoms with E-state index in [4.69, 9.17) is 9.47 Å². The first-order valence-corrected chi connectivity index (χ1v) is 10.0. The number of aryl methyl sites for hydroxylation is 1. The number of ether oxygens (including phenoxy) is 2. The quantitative estimate of drug-likeness (QED) is 0.433. The van der Waals surface area contributed by atoms with Gasteiger partial charge in [-0.25, -0.2) is 14.2 Å². The summed E-state index contributed by atoms with van der Waals surface area (Å²) in [4.78, 5) is 29.0. The molecule has 1 aromatic heterocycles. The number of ketones is 1. The van der Waals surface area contributed by atoms with Crippen molar-refractivity contribution in [2.45, 2.75) is 32.8 Å². The van der Waals surface area contributed by atoms with Crippen molar-refractivity contribution in [2.75, 3.05) is 0 Å². The molecule has 1 aliphatic carbocycles. The standard InChI is InChI=1S/C22H18FNO4S/c1-12-3-5-14(6-4-12)27-10-19-24-16(11-29-19)22(26)28-18-8-7-15(23)20-13(2)9-17(25)21(18)20/h3-8,11,13H,9-10H2,1-2H3. The highest BCUT2D eigenvalue weighted by Crippen LogP contribution is 2.40. The molecule has 0 fully saturated rings. The summed E-state index contributed by atoms with van der Waals surface area (Å²) in [5.41, 5.74) is 1.72. The summed E-state index contributed by atoms with van der Waals surface area (Å²) in [7, 11) is 0. The van der Waals surface area contributed by atoms with E-state index in [2.05, 4.69) is 4.98 Å². The van der Waals surface area contributed by atoms with Gasteiger partial charge in [0.2, 0.25) is 0 Å². The third-order valence-electron chi connectivity index (χ3n) is 4.76. The number of fused-ring (bicyclic) bond motifs is 1. The maximum absolute atomic E-state index is 14.1. The Morgan fingerprint density at radius 1 is 1.24 bits per heavy atom. The number of halogens is 1. The number of hydrogen-bond donors (Lipinski definition) is 0. The Bertz CT molecular complexity index is 1090. The van der Waals surface area contributed by atoms with E-state index >= 15 is 0 Å². The molecule has 2 aromatic carbocycles. The van der Waals surface area contributed by atoms with E-state index in [1.165, 1.54) is 23.5 Å². The summed E-state index contributed by atoms with van der Waals surface area (Å²) >= 11 is 1.28. The Morgan fingerprint density at radius 3 is 2.76 bits per heavy atom. The Balaban J connectivity index is 1.46. The minimum atomic E-state index is -0.691. The maximum atomic E-state index is 14.1. The lowest BCUT2D eigenvalue weighted by Gasteiger charge is -2.09. The average molecular weight is 411 g/mol. The van der Waals surface area contributed by atoms with Crippen LogP contribution in [0, 0.1) is 12.7 Å². The fraction of sp³-hybridized carbons (Fsp3) is 0.227. The highest BCUT2D eigenvalue weighted by Gasteiger charge is 2.33. The van der Waals surface area contributed by atoms with Gasteiger partial charge in [-0.05, 0) is 37.1 Å². The molecule has 5 nitrogen and oxygen atoms in total. The molecular formula is C22H18FNO4S. The summed E-state index contributed by atoms with van der Waals surface area (Å²) < 4.78 is 25.1. The number of hydrogen-bond acceptors (Lipinski definition) is 6. The normalized spacial score (nSPS) is 15.3. The zero-order valence-corrected chi connectivity index (χ0v) is 16.7. The molecule has 4 rings (SSSR count). The number of aromatic nitrogens is 1. The van der Waals surface area contributed by atoms with Crippen LogP contribution in [-0.4, -0.2) is 16.7 Å². The molecule has 1 aliphatic rings. The molecule has 0 bridgehead atoms. The number of benzene rings is 2. The first-order valence-electron chi connectivity index (χ1n) is 9.14. The zero-order valence-electron chi connectivity index (χ0n) is 15.9. The molecule has 0 spiro atoms. The van der Waals surface area contributed by atoms with E-state index in [1.54, 1.807) is 12.3 Å². The van der Waals surface area contributed by atoms with Gasteiger partial charge >= 0.3 is 5.97 Å². The summed E-state index contributed by atoms with van der Waals surface area (Å²) in [5, 5.41) is 2.19. The van der Waals surface area contributed by atoms with Gasteiger partial charge in [-0.3, -0.25) is 4.79 Å². The second-order valence-electron chi connectivity index (χ2n) is 6.98. The average Bonchev–Trinajstić information content (AvgIpc) is 3.28. The molecule has 1 heterocycles. The minimum absolute atomic E-state index is 0.0752. The van der Waals surface area contributed by atoms with Crippen LogP contribution in [0.25, 0.3) is 0 Å². The van der Waals surface area contributed by atoms with Crippen molar-refractivity contribution in [3.63, 3.8) is 0 Å². The number of thiazole rings is 1. The van der Waals surface area contributed by atoms with Gasteiger partial charge in [0, 0.05) is 17.4 Å². The van der Waals surface area contributed by atoms with Crippen LogP contribution in [0.4, 0.5) is 4.39 Å². The Hall–Kier alpha value is -3.06. The monoisotopic (exact) mass is 411 g/mol. The fourth-order valence-electron chi connectivity index (χ4n) is 3.31. The van der Waals surface area contributed by atoms with Crippen LogP contribution in [-0.2, 0) is 6.61 Å². The number of carbonyl (C=O) groups excluding carboxylic acids is 2. The number of rotatable bonds is 5. The number of esters is 1. The van der Waals surface area contributed by atoms with Crippen molar-refractivity contribution in [3.8, 4) is 11.5 Å². The topological polar surface area (TPSA) is 65.5 Å². The van der Waals surface area contributed by atoms with E-state index in [1.807, 2.05) is 31.2 Å². The molecule has 1 atom stereocenters. The molecular weight excluding hydrogens is 393 g/mol. The van der Waals surface area contributed by atoms with Crippen molar-refractivity contribution >= 4 is 23.1 Å². The van der Waals surface area contributed by atoms with Crippen LogP contribution in [0.2, 0.25) is 0 Å². The van der Waals surface area contributed by atoms with Crippen LogP contribution in [0.15, 0.2) is 41.8 Å². The first-order chi connectivity index (χ1) is 13.9. The van der Waals surface area contributed by atoms with Crippen molar-refractivity contribution in [1.29, 1.82) is 0 Å². The second-order valence-corrected chi connectivity index (χ2v) is 7.92. The third-order valence-corrected chi connectivity index (χ3v) is 5.59. The highest BCUT2D eigenvalue weighted by molar-refractivity contribution is 7.09. The van der Waals surface area contributed by atoms with Gasteiger partial charge in [-0.15, -0.1) is 11.3 Å². The van der Waals surface area contributed by atoms with Gasteiger partial charge in [-0.1, -0.05) is 24.6 Å². The van der Waals surface area contributed by atoms with Gasteiger partial charge in [0.15, 0.2) is 11.5 Å². The van der Waals surface area contributed by atoms with E-state index in [0.29, 0.717) is 16.3 Å². The molecule has 7 heteroatoms. The summed E-state index contributed by atoms with van der Waals surface area (Å²) in [6.07, 6.45) is 0.206. The Labute approximate surface area is 171 Å². The molecule has 0 saturated heterocycles. The molecule has 29 heavy (non-hydrogen) atoms. The molecule has 0 N–H and O–H groups in total. The maximum Gasteiger partial charge on any atom is 0.363 e. The van der Waals surface area contributed by atoms with E-state index in [0.717, 1.165) is 5.56 Å². The fourth-order valence-corrected chi connectivity index (χ4v) is 3.99. The molecule has 0 saturated carbocycles. The van der Waals surface area contributed by atoms with Crippen molar-refractivity contribution in [2.24, 2.45) is 0 Å². The largest absolute Gasteiger partial charge is 0.486 e. The van der Waals surface area contributed by atoms with Crippen LogP contribution < -0.4 is 9.47 Å². The number of nitrogens with zero attached hydrogens (tertiary/aromatic N) is 1. The van der Waals surface area contributed by atoms with Crippen LogP contribution >= 0.6 is 11.3 Å². The van der Waals surface area contributed by atoms with Gasteiger partial charge in [0.1, 0.15) is 28.9 Å². The van der Waals surface area contributed by atoms with Crippen LogP contribution in [0.1, 0.15) is 56.2 Å². The second kappa shape index (κ2) is 7.75. The third kappa shape index (κ3) is 3.91. The lowest BCUT2D eigenvalue weighted by atomic mass is 10.0. The SMILES string of the molecule is Cc1ccc(OCc2nc(C(=O)Oc3ccc(F)c4c3C(=O)CC4C)cs2)cc1. The van der Waals surface area contributed by atoms with Gasteiger partial charge < -0.3 is 9.47 Å². The lowest BCUT2D eigenvalue weighted by Crippen LogP contribution is -2.12. The Kier molecular flexibility index (Phi) is 5.15. The smallest absolute Gasteiger partial charge is 0.363 e. The van der Waals surface area contributed by atoms with E-state index in [9.17, 15) is 14.0 Å². The molecule has 0 aliphatic heterocycles. The van der Waals surface area contributed by atoms with Crippen molar-refractivity contribution in [1.82, 2.24) is 4.98 Å². The molecule has 1 unspecified atom stereocenters. The molecule has 3 aromatic rings. The van der Waals surface area contributed by atoms with Gasteiger partial charge in [0.25, 0.3) is 0 Å². The van der Waals surface area contributed by atoms with Gasteiger partial charge in [0.05, 0.1) is 5.56 Å². The number of Topliss-reactive ketones (excluding diaryl/α,β-unsaturated/α-hetero) is 1. The molecule has 148 valence electrons. The number of carbonyl (C=O) groups is 2. The summed E-state index contributed by atoms with van der Waals surface area (Å²) in [6, 6.07) is 10.2. The predicted molar refractivity (Wildman–Crippen MR) is 106 cm³/mol. The highest BCUT2D eigenvalue weighted by atomic mass is 32.1. The predicted octanol–water partition coefficient (Wildman–Crippen LogP) is 5.08. The summed E-state index contributed by atoms with van der Waals surface area (Å²) in [6.45, 7) is 4.00. The zero-order chi connectivity index (χ0) is 20.5. The van der Waals surface area contributed by atoms with Crippen molar-refractivity contribution in [3.05, 3.63) is 75.0 Å². The summed E-state index contributed by atoms with van der Waals surface area (Å²) in [5.74, 6) is -0.816. The molecule has 0 amide bonds. The van der Waals surface area contributed by atoms with E-state index in [-0.39, 0.29) is 41.7 Å². The van der Waals surface area contributed by atoms with E-state index < -0.39 is 11.8 Å².